The molecule has 2 aliphatic rings. The number of rotatable bonds is 7. The molecule has 2 aliphatic heterocycles. The maximum atomic E-state index is 13.5. The lowest BCUT2D eigenvalue weighted by atomic mass is 10.1. The first kappa shape index (κ1) is 24.3. The molecule has 1 N–H and O–H groups in total. The molecule has 0 aliphatic carbocycles. The van der Waals surface area contributed by atoms with Crippen molar-refractivity contribution < 1.29 is 17.9 Å². The van der Waals surface area contributed by atoms with E-state index in [0.717, 1.165) is 30.8 Å². The van der Waals surface area contributed by atoms with E-state index in [4.69, 9.17) is 4.74 Å². The van der Waals surface area contributed by atoms with E-state index in [1.54, 1.807) is 42.5 Å². The van der Waals surface area contributed by atoms with Gasteiger partial charge in [-0.1, -0.05) is 48.5 Å². The molecule has 0 spiro atoms. The van der Waals surface area contributed by atoms with E-state index >= 15 is 0 Å². The highest BCUT2D eigenvalue weighted by Crippen LogP contribution is 2.37. The summed E-state index contributed by atoms with van der Waals surface area (Å²) in [4.78, 5) is 15.7. The third-order valence-electron chi connectivity index (χ3n) is 6.70. The number of benzene rings is 3. The molecule has 0 radical (unpaired) electrons. The maximum Gasteiger partial charge on any atom is 0.264 e. The first-order valence-electron chi connectivity index (χ1n) is 12.3. The van der Waals surface area contributed by atoms with Crippen LogP contribution >= 0.6 is 0 Å². The standard InChI is InChI=1S/C28H31N3O4S/c1-21-9-14-25-26(17-21)35-27(20-31(25)36(33,34)24-7-3-2-4-8-24)28(32)29-18-22-10-12-23(13-11-22)19-30-15-5-6-16-30/h2-4,7-14,17,27H,5-6,15-16,18-20H2,1H3,(H,29,32)/t27-/m0/s1. The van der Waals surface area contributed by atoms with Gasteiger partial charge in [-0.2, -0.15) is 0 Å². The molecule has 0 aromatic heterocycles. The van der Waals surface area contributed by atoms with Crippen LogP contribution in [0.25, 0.3) is 0 Å². The number of hydrogen-bond donors (Lipinski definition) is 1. The Morgan fingerprint density at radius 1 is 0.972 bits per heavy atom. The zero-order valence-electron chi connectivity index (χ0n) is 20.4. The lowest BCUT2D eigenvalue weighted by Crippen LogP contribution is -2.50. The number of aryl methyl sites for hydroxylation is 1. The summed E-state index contributed by atoms with van der Waals surface area (Å²) >= 11 is 0. The van der Waals surface area contributed by atoms with Gasteiger partial charge < -0.3 is 10.1 Å². The van der Waals surface area contributed by atoms with Crippen molar-refractivity contribution in [2.24, 2.45) is 0 Å². The Bertz CT molecular complexity index is 1320. The molecule has 1 atom stereocenters. The van der Waals surface area contributed by atoms with Gasteiger partial charge in [0.05, 0.1) is 17.1 Å². The van der Waals surface area contributed by atoms with Crippen molar-refractivity contribution in [3.05, 3.63) is 89.5 Å². The Labute approximate surface area is 212 Å². The van der Waals surface area contributed by atoms with Crippen molar-refractivity contribution in [2.45, 2.75) is 43.9 Å². The van der Waals surface area contributed by atoms with Crippen LogP contribution in [0.4, 0.5) is 5.69 Å². The minimum atomic E-state index is -3.87. The molecule has 8 heteroatoms. The Kier molecular flexibility index (Phi) is 6.98. The second kappa shape index (κ2) is 10.3. The van der Waals surface area contributed by atoms with E-state index in [1.165, 1.54) is 22.7 Å². The fraction of sp³-hybridized carbons (Fsp3) is 0.321. The van der Waals surface area contributed by atoms with Gasteiger partial charge in [-0.25, -0.2) is 8.42 Å². The first-order chi connectivity index (χ1) is 17.4. The average molecular weight is 506 g/mol. The second-order valence-electron chi connectivity index (χ2n) is 9.44. The summed E-state index contributed by atoms with van der Waals surface area (Å²) in [6.45, 7) is 5.39. The lowest BCUT2D eigenvalue weighted by molar-refractivity contribution is -0.127. The highest BCUT2D eigenvalue weighted by molar-refractivity contribution is 7.92. The van der Waals surface area contributed by atoms with Crippen molar-refractivity contribution in [3.63, 3.8) is 0 Å². The number of ether oxygens (including phenoxy) is 1. The maximum absolute atomic E-state index is 13.5. The van der Waals surface area contributed by atoms with Crippen LogP contribution in [0.15, 0.2) is 77.7 Å². The monoisotopic (exact) mass is 505 g/mol. The third-order valence-corrected chi connectivity index (χ3v) is 8.50. The van der Waals surface area contributed by atoms with Crippen LogP contribution in [0, 0.1) is 6.92 Å². The van der Waals surface area contributed by atoms with Crippen LogP contribution in [0.5, 0.6) is 5.75 Å². The largest absolute Gasteiger partial charge is 0.476 e. The Hall–Kier alpha value is -3.36. The van der Waals surface area contributed by atoms with E-state index < -0.39 is 16.1 Å². The summed E-state index contributed by atoms with van der Waals surface area (Å²) in [6.07, 6.45) is 1.57. The summed E-state index contributed by atoms with van der Waals surface area (Å²) in [7, 11) is -3.87. The molecule has 7 nitrogen and oxygen atoms in total. The van der Waals surface area contributed by atoms with Gasteiger partial charge in [0.25, 0.3) is 15.9 Å². The Morgan fingerprint density at radius 3 is 2.39 bits per heavy atom. The number of carbonyl (C=O) groups excluding carboxylic acids is 1. The molecule has 5 rings (SSSR count). The molecular weight excluding hydrogens is 474 g/mol. The van der Waals surface area contributed by atoms with Gasteiger partial charge in [0, 0.05) is 13.1 Å². The van der Waals surface area contributed by atoms with E-state index in [9.17, 15) is 13.2 Å². The van der Waals surface area contributed by atoms with E-state index in [2.05, 4.69) is 22.3 Å². The summed E-state index contributed by atoms with van der Waals surface area (Å²) in [5.41, 5.74) is 3.59. The van der Waals surface area contributed by atoms with Crippen LogP contribution in [0.1, 0.15) is 29.5 Å². The van der Waals surface area contributed by atoms with Crippen LogP contribution in [0.3, 0.4) is 0 Å². The zero-order chi connectivity index (χ0) is 25.1. The molecule has 36 heavy (non-hydrogen) atoms. The minimum Gasteiger partial charge on any atom is -0.476 e. The first-order valence-corrected chi connectivity index (χ1v) is 13.8. The molecule has 0 bridgehead atoms. The second-order valence-corrected chi connectivity index (χ2v) is 11.3. The number of nitrogens with zero attached hydrogens (tertiary/aromatic N) is 2. The molecule has 2 heterocycles. The third kappa shape index (κ3) is 5.24. The highest BCUT2D eigenvalue weighted by atomic mass is 32.2. The Balaban J connectivity index is 1.29. The summed E-state index contributed by atoms with van der Waals surface area (Å²) < 4.78 is 34.2. The van der Waals surface area contributed by atoms with Crippen molar-refractivity contribution in [1.29, 1.82) is 0 Å². The molecule has 1 fully saturated rings. The molecule has 3 aromatic rings. The SMILES string of the molecule is Cc1ccc2c(c1)O[C@H](C(=O)NCc1ccc(CN3CCCC3)cc1)CN2S(=O)(=O)c1ccccc1. The van der Waals surface area contributed by atoms with E-state index in [0.29, 0.717) is 18.0 Å². The van der Waals surface area contributed by atoms with Gasteiger partial charge in [0.15, 0.2) is 6.10 Å². The fourth-order valence-electron chi connectivity index (χ4n) is 4.71. The number of anilines is 1. The summed E-state index contributed by atoms with van der Waals surface area (Å²) in [5, 5.41) is 2.92. The van der Waals surface area contributed by atoms with Crippen LogP contribution in [-0.2, 0) is 27.9 Å². The quantitative estimate of drug-likeness (QED) is 0.528. The minimum absolute atomic E-state index is 0.103. The number of sulfonamides is 1. The number of fused-ring (bicyclic) bond motifs is 1. The molecular formula is C28H31N3O4S. The average Bonchev–Trinajstić information content (AvgIpc) is 3.41. The van der Waals surface area contributed by atoms with Crippen molar-refractivity contribution in [3.8, 4) is 5.75 Å². The summed E-state index contributed by atoms with van der Waals surface area (Å²) in [5.74, 6) is 0.0312. The lowest BCUT2D eigenvalue weighted by Gasteiger charge is -2.35. The topological polar surface area (TPSA) is 79.0 Å². The fourth-order valence-corrected chi connectivity index (χ4v) is 6.21. The highest BCUT2D eigenvalue weighted by Gasteiger charge is 2.37. The number of carbonyl (C=O) groups is 1. The van der Waals surface area contributed by atoms with Gasteiger partial charge in [0.2, 0.25) is 0 Å². The number of hydrogen-bond acceptors (Lipinski definition) is 5. The smallest absolute Gasteiger partial charge is 0.264 e. The van der Waals surface area contributed by atoms with E-state index in [1.807, 2.05) is 25.1 Å². The predicted octanol–water partition coefficient (Wildman–Crippen LogP) is 3.86. The molecule has 1 saturated heterocycles. The van der Waals surface area contributed by atoms with Gasteiger partial charge in [0.1, 0.15) is 5.75 Å². The van der Waals surface area contributed by atoms with Gasteiger partial charge in [-0.3, -0.25) is 14.0 Å². The van der Waals surface area contributed by atoms with E-state index in [-0.39, 0.29) is 17.3 Å². The summed E-state index contributed by atoms with van der Waals surface area (Å²) in [6, 6.07) is 21.8. The van der Waals surface area contributed by atoms with Crippen molar-refractivity contribution in [1.82, 2.24) is 10.2 Å². The van der Waals surface area contributed by atoms with Gasteiger partial charge in [-0.05, 0) is 73.8 Å². The predicted molar refractivity (Wildman–Crippen MR) is 139 cm³/mol. The van der Waals surface area contributed by atoms with Gasteiger partial charge in [-0.15, -0.1) is 0 Å². The molecule has 1 amide bonds. The number of likely N-dealkylation sites (tertiary alicyclic amines) is 1. The normalized spacial score (nSPS) is 17.9. The van der Waals surface area contributed by atoms with Crippen LogP contribution < -0.4 is 14.4 Å². The van der Waals surface area contributed by atoms with Crippen LogP contribution in [0.2, 0.25) is 0 Å². The molecule has 0 unspecified atom stereocenters. The van der Waals surface area contributed by atoms with Crippen molar-refractivity contribution >= 4 is 21.6 Å². The number of amides is 1. The van der Waals surface area contributed by atoms with Gasteiger partial charge >= 0.3 is 0 Å². The van der Waals surface area contributed by atoms with Crippen molar-refractivity contribution in [2.75, 3.05) is 23.9 Å². The molecule has 3 aromatic carbocycles. The molecule has 188 valence electrons. The number of nitrogens with one attached hydrogen (secondary N) is 1. The van der Waals surface area contributed by atoms with Crippen LogP contribution in [-0.4, -0.2) is 45.0 Å². The molecule has 0 saturated carbocycles. The Morgan fingerprint density at radius 2 is 1.67 bits per heavy atom. The zero-order valence-corrected chi connectivity index (χ0v) is 21.2.